The largest absolute Gasteiger partial charge is 0.399 e. The Bertz CT molecular complexity index is 295. The minimum absolute atomic E-state index is 0.375. The molecule has 0 radical (unpaired) electrons. The molecule has 0 bridgehead atoms. The molecule has 0 amide bonds. The lowest BCUT2D eigenvalue weighted by Crippen LogP contribution is -2.51. The van der Waals surface area contributed by atoms with Crippen molar-refractivity contribution in [1.29, 1.82) is 0 Å². The fourth-order valence-electron chi connectivity index (χ4n) is 2.57. The van der Waals surface area contributed by atoms with Gasteiger partial charge in [0.1, 0.15) is 0 Å². The molecule has 90 valence electrons. The first-order valence-electron chi connectivity index (χ1n) is 6.06. The van der Waals surface area contributed by atoms with Crippen LogP contribution in [0.5, 0.6) is 0 Å². The molecule has 2 aliphatic rings. The molecule has 16 heavy (non-hydrogen) atoms. The van der Waals surface area contributed by atoms with Crippen molar-refractivity contribution in [3.05, 3.63) is 11.9 Å². The summed E-state index contributed by atoms with van der Waals surface area (Å²) in [6.07, 6.45) is 7.30. The lowest BCUT2D eigenvalue weighted by Gasteiger charge is -2.40. The van der Waals surface area contributed by atoms with Gasteiger partial charge >= 0.3 is 0 Å². The maximum absolute atomic E-state index is 6.02. The molecule has 0 spiro atoms. The molecule has 2 heterocycles. The van der Waals surface area contributed by atoms with Gasteiger partial charge in [-0.3, -0.25) is 9.89 Å². The van der Waals surface area contributed by atoms with Crippen LogP contribution in [0.3, 0.4) is 0 Å². The Labute approximate surface area is 97.8 Å². The highest BCUT2D eigenvalue weighted by molar-refractivity contribution is 5.61. The van der Waals surface area contributed by atoms with E-state index in [9.17, 15) is 0 Å². The summed E-state index contributed by atoms with van der Waals surface area (Å²) in [5.41, 5.74) is 6.94. The van der Waals surface area contributed by atoms with Crippen LogP contribution in [0.15, 0.2) is 16.9 Å². The zero-order valence-electron chi connectivity index (χ0n) is 10.3. The minimum Gasteiger partial charge on any atom is -0.399 e. The number of nitrogens with zero attached hydrogens (tertiary/aromatic N) is 3. The second-order valence-corrected chi connectivity index (χ2v) is 4.97. The molecule has 1 saturated heterocycles. The number of rotatable bonds is 2. The van der Waals surface area contributed by atoms with Gasteiger partial charge in [0.15, 0.2) is 0 Å². The number of nitrogens with two attached hydrogens (primary N) is 1. The molecule has 0 aromatic rings. The molecular weight excluding hydrogens is 200 g/mol. The molecule has 1 fully saturated rings. The SMILES string of the molecule is CN(C)C1CCCN(C2CC=NC=C2N)C1. The summed E-state index contributed by atoms with van der Waals surface area (Å²) in [5, 5.41) is 0. The molecule has 0 aromatic carbocycles. The summed E-state index contributed by atoms with van der Waals surface area (Å²) >= 11 is 0. The molecule has 4 nitrogen and oxygen atoms in total. The topological polar surface area (TPSA) is 44.9 Å². The molecule has 2 aliphatic heterocycles. The molecule has 4 heteroatoms. The zero-order valence-corrected chi connectivity index (χ0v) is 10.3. The van der Waals surface area contributed by atoms with Gasteiger partial charge in [-0.05, 0) is 33.5 Å². The van der Waals surface area contributed by atoms with Gasteiger partial charge in [-0.25, -0.2) is 0 Å². The van der Waals surface area contributed by atoms with E-state index in [1.807, 2.05) is 6.21 Å². The quantitative estimate of drug-likeness (QED) is 0.746. The molecule has 2 N–H and O–H groups in total. The Morgan fingerprint density at radius 3 is 3.00 bits per heavy atom. The predicted molar refractivity (Wildman–Crippen MR) is 67.4 cm³/mol. The van der Waals surface area contributed by atoms with Crippen molar-refractivity contribution in [3.63, 3.8) is 0 Å². The van der Waals surface area contributed by atoms with E-state index in [2.05, 4.69) is 28.9 Å². The van der Waals surface area contributed by atoms with Crippen molar-refractivity contribution in [2.24, 2.45) is 10.7 Å². The molecule has 2 rings (SSSR count). The zero-order chi connectivity index (χ0) is 11.5. The lowest BCUT2D eigenvalue weighted by molar-refractivity contribution is 0.110. The number of likely N-dealkylation sites (tertiary alicyclic amines) is 1. The fourth-order valence-corrected chi connectivity index (χ4v) is 2.57. The van der Waals surface area contributed by atoms with Crippen molar-refractivity contribution in [2.75, 3.05) is 27.2 Å². The Morgan fingerprint density at radius 2 is 2.31 bits per heavy atom. The average molecular weight is 222 g/mol. The van der Waals surface area contributed by atoms with E-state index in [0.717, 1.165) is 25.2 Å². The van der Waals surface area contributed by atoms with E-state index in [-0.39, 0.29) is 0 Å². The summed E-state index contributed by atoms with van der Waals surface area (Å²) in [7, 11) is 4.32. The molecular formula is C12H22N4. The van der Waals surface area contributed by atoms with E-state index in [0.29, 0.717) is 12.1 Å². The third-order valence-electron chi connectivity index (χ3n) is 3.64. The first kappa shape index (κ1) is 11.6. The second-order valence-electron chi connectivity index (χ2n) is 4.97. The van der Waals surface area contributed by atoms with Crippen LogP contribution in [-0.4, -0.2) is 55.3 Å². The second kappa shape index (κ2) is 4.97. The van der Waals surface area contributed by atoms with Crippen molar-refractivity contribution >= 4 is 6.21 Å². The third kappa shape index (κ3) is 2.44. The average Bonchev–Trinajstić information content (AvgIpc) is 2.30. The number of hydrogen-bond acceptors (Lipinski definition) is 4. The molecule has 2 atom stereocenters. The van der Waals surface area contributed by atoms with Gasteiger partial charge in [0.2, 0.25) is 0 Å². The lowest BCUT2D eigenvalue weighted by atomic mass is 10.00. The normalized spacial score (nSPS) is 31.8. The number of piperidine rings is 1. The Balaban J connectivity index is 1.99. The van der Waals surface area contributed by atoms with Gasteiger partial charge < -0.3 is 10.6 Å². The predicted octanol–water partition coefficient (Wildman–Crippen LogP) is 0.656. The highest BCUT2D eigenvalue weighted by Gasteiger charge is 2.28. The van der Waals surface area contributed by atoms with Gasteiger partial charge in [-0.15, -0.1) is 0 Å². The van der Waals surface area contributed by atoms with Crippen LogP contribution >= 0.6 is 0 Å². The van der Waals surface area contributed by atoms with Crippen LogP contribution in [0.25, 0.3) is 0 Å². The number of aliphatic imine (C=N–C) groups is 1. The summed E-state index contributed by atoms with van der Waals surface area (Å²) in [6, 6.07) is 1.04. The minimum atomic E-state index is 0.375. The number of hydrogen-bond donors (Lipinski definition) is 1. The van der Waals surface area contributed by atoms with Crippen molar-refractivity contribution in [1.82, 2.24) is 9.80 Å². The Hall–Kier alpha value is -0.870. The Morgan fingerprint density at radius 1 is 1.50 bits per heavy atom. The third-order valence-corrected chi connectivity index (χ3v) is 3.64. The number of likely N-dealkylation sites (N-methyl/N-ethyl adjacent to an activating group) is 1. The van der Waals surface area contributed by atoms with Crippen LogP contribution in [0.1, 0.15) is 19.3 Å². The summed E-state index contributed by atoms with van der Waals surface area (Å²) in [6.45, 7) is 2.29. The van der Waals surface area contributed by atoms with Crippen molar-refractivity contribution in [2.45, 2.75) is 31.3 Å². The first-order valence-corrected chi connectivity index (χ1v) is 6.06. The smallest absolute Gasteiger partial charge is 0.0558 e. The van der Waals surface area contributed by atoms with Crippen molar-refractivity contribution < 1.29 is 0 Å². The Kier molecular flexibility index (Phi) is 3.61. The van der Waals surface area contributed by atoms with Gasteiger partial charge in [0.05, 0.1) is 6.04 Å². The fraction of sp³-hybridized carbons (Fsp3) is 0.750. The van der Waals surface area contributed by atoms with E-state index in [4.69, 9.17) is 5.73 Å². The van der Waals surface area contributed by atoms with Gasteiger partial charge in [0.25, 0.3) is 0 Å². The molecule has 0 saturated carbocycles. The van der Waals surface area contributed by atoms with Crippen LogP contribution in [0, 0.1) is 0 Å². The summed E-state index contributed by atoms with van der Waals surface area (Å²) in [5.74, 6) is 0. The van der Waals surface area contributed by atoms with E-state index in [1.165, 1.54) is 12.8 Å². The maximum Gasteiger partial charge on any atom is 0.0558 e. The monoisotopic (exact) mass is 222 g/mol. The molecule has 0 aliphatic carbocycles. The highest BCUT2D eigenvalue weighted by Crippen LogP contribution is 2.21. The van der Waals surface area contributed by atoms with Gasteiger partial charge in [-0.2, -0.15) is 0 Å². The van der Waals surface area contributed by atoms with Crippen molar-refractivity contribution in [3.8, 4) is 0 Å². The first-order chi connectivity index (χ1) is 7.68. The van der Waals surface area contributed by atoms with Crippen LogP contribution < -0.4 is 5.73 Å². The molecule has 2 unspecified atom stereocenters. The maximum atomic E-state index is 6.02. The van der Waals surface area contributed by atoms with E-state index >= 15 is 0 Å². The highest BCUT2D eigenvalue weighted by atomic mass is 15.2. The van der Waals surface area contributed by atoms with Crippen LogP contribution in [-0.2, 0) is 0 Å². The molecule has 0 aromatic heterocycles. The van der Waals surface area contributed by atoms with E-state index in [1.54, 1.807) is 6.20 Å². The van der Waals surface area contributed by atoms with Crippen LogP contribution in [0.2, 0.25) is 0 Å². The summed E-state index contributed by atoms with van der Waals surface area (Å²) < 4.78 is 0. The van der Waals surface area contributed by atoms with Gasteiger partial charge in [0, 0.05) is 37.1 Å². The summed E-state index contributed by atoms with van der Waals surface area (Å²) in [4.78, 5) is 8.94. The standard InChI is InChI=1S/C12H22N4/c1-15(2)10-4-3-7-16(9-10)12-5-6-14-8-11(12)13/h6,8,10,12H,3-5,7,9,13H2,1-2H3. The van der Waals surface area contributed by atoms with E-state index < -0.39 is 0 Å². The van der Waals surface area contributed by atoms with Gasteiger partial charge in [-0.1, -0.05) is 0 Å². The van der Waals surface area contributed by atoms with Crippen LogP contribution in [0.4, 0.5) is 0 Å².